The quantitative estimate of drug-likeness (QED) is 0.530. The van der Waals surface area contributed by atoms with Crippen LogP contribution in [0.4, 0.5) is 4.79 Å². The van der Waals surface area contributed by atoms with E-state index >= 15 is 0 Å². The molecule has 1 amide bonds. The predicted molar refractivity (Wildman–Crippen MR) is 41.2 cm³/mol. The highest BCUT2D eigenvalue weighted by Gasteiger charge is 2.32. The van der Waals surface area contributed by atoms with Crippen molar-refractivity contribution in [3.05, 3.63) is 0 Å². The van der Waals surface area contributed by atoms with E-state index in [4.69, 9.17) is 11.5 Å². The van der Waals surface area contributed by atoms with Crippen LogP contribution >= 0.6 is 0 Å². The van der Waals surface area contributed by atoms with Gasteiger partial charge in [-0.1, -0.05) is 5.92 Å². The van der Waals surface area contributed by atoms with Gasteiger partial charge in [-0.3, -0.25) is 4.90 Å². The highest BCUT2D eigenvalue weighted by molar-refractivity contribution is 5.67. The zero-order valence-corrected chi connectivity index (χ0v) is 6.45. The first-order valence-electron chi connectivity index (χ1n) is 3.64. The molecule has 1 rings (SSSR count). The molecule has 0 bridgehead atoms. The average molecular weight is 153 g/mol. The molecule has 1 heterocycles. The monoisotopic (exact) mass is 153 g/mol. The lowest BCUT2D eigenvalue weighted by Gasteiger charge is -2.21. The van der Waals surface area contributed by atoms with Crippen LogP contribution in [0.25, 0.3) is 0 Å². The summed E-state index contributed by atoms with van der Waals surface area (Å²) in [6.07, 6.45) is 5.94. The molecule has 1 fully saturated rings. The number of nitrogens with zero attached hydrogens (tertiary/aromatic N) is 1. The predicted octanol–water partition coefficient (Wildman–Crippen LogP) is 1.15. The Morgan fingerprint density at radius 2 is 2.36 bits per heavy atom. The van der Waals surface area contributed by atoms with Gasteiger partial charge in [0.1, 0.15) is 0 Å². The fraction of sp³-hybridized carbons (Fsp3) is 0.625. The molecule has 0 aromatic rings. The summed E-state index contributed by atoms with van der Waals surface area (Å²) in [6.45, 7) is 1.88. The molecule has 2 atom stereocenters. The van der Waals surface area contributed by atoms with E-state index in [2.05, 4.69) is 5.92 Å². The van der Waals surface area contributed by atoms with Gasteiger partial charge in [-0.15, -0.1) is 6.42 Å². The smallest absolute Gasteiger partial charge is 0.408 e. The highest BCUT2D eigenvalue weighted by Crippen LogP contribution is 2.22. The fourth-order valence-electron chi connectivity index (χ4n) is 1.47. The number of carboxylic acid groups (broad SMARTS) is 1. The van der Waals surface area contributed by atoms with E-state index < -0.39 is 6.09 Å². The van der Waals surface area contributed by atoms with E-state index in [9.17, 15) is 4.79 Å². The van der Waals surface area contributed by atoms with Gasteiger partial charge in [-0.2, -0.15) is 0 Å². The first-order valence-corrected chi connectivity index (χ1v) is 3.64. The minimum atomic E-state index is -0.905. The molecule has 11 heavy (non-hydrogen) atoms. The molecule has 3 nitrogen and oxygen atoms in total. The van der Waals surface area contributed by atoms with E-state index in [0.717, 1.165) is 12.8 Å². The van der Waals surface area contributed by atoms with Gasteiger partial charge >= 0.3 is 6.09 Å². The van der Waals surface area contributed by atoms with Crippen molar-refractivity contribution in [1.29, 1.82) is 0 Å². The Kier molecular flexibility index (Phi) is 2.04. The summed E-state index contributed by atoms with van der Waals surface area (Å²) in [5.41, 5.74) is 0. The summed E-state index contributed by atoms with van der Waals surface area (Å²) in [6, 6.07) is -0.129. The van der Waals surface area contributed by atoms with Crippen molar-refractivity contribution in [3.8, 4) is 12.3 Å². The molecule has 0 aromatic heterocycles. The average Bonchev–Trinajstić information content (AvgIpc) is 2.30. The van der Waals surface area contributed by atoms with E-state index in [1.807, 2.05) is 6.92 Å². The van der Waals surface area contributed by atoms with Crippen LogP contribution in [0.2, 0.25) is 0 Å². The van der Waals surface area contributed by atoms with Crippen LogP contribution in [0.1, 0.15) is 19.8 Å². The number of carbonyl (C=O) groups is 1. The van der Waals surface area contributed by atoms with Crippen molar-refractivity contribution >= 4 is 6.09 Å². The summed E-state index contributed by atoms with van der Waals surface area (Å²) in [5.74, 6) is 2.47. The Labute approximate surface area is 66.0 Å². The van der Waals surface area contributed by atoms with Gasteiger partial charge in [-0.25, -0.2) is 4.79 Å². The molecule has 0 aromatic carbocycles. The Bertz CT molecular complexity index is 207. The molecular formula is C8H11NO2. The molecule has 0 unspecified atom stereocenters. The summed E-state index contributed by atoms with van der Waals surface area (Å²) < 4.78 is 0. The van der Waals surface area contributed by atoms with Crippen LogP contribution < -0.4 is 0 Å². The van der Waals surface area contributed by atoms with E-state index in [0.29, 0.717) is 0 Å². The summed E-state index contributed by atoms with van der Waals surface area (Å²) in [4.78, 5) is 12.0. The Hall–Kier alpha value is -1.17. The molecule has 60 valence electrons. The Balaban J connectivity index is 2.73. The van der Waals surface area contributed by atoms with Crippen LogP contribution in [0, 0.1) is 12.3 Å². The van der Waals surface area contributed by atoms with E-state index in [1.54, 1.807) is 0 Å². The third kappa shape index (κ3) is 1.30. The first-order chi connectivity index (χ1) is 5.16. The maximum Gasteiger partial charge on any atom is 0.408 e. The molecule has 1 aliphatic heterocycles. The van der Waals surface area contributed by atoms with Crippen LogP contribution in [-0.2, 0) is 0 Å². The SMILES string of the molecule is C#C[C@H]1CC[C@@H](C)N1C(=O)O. The molecule has 1 aliphatic rings. The number of rotatable bonds is 0. The normalized spacial score (nSPS) is 30.0. The van der Waals surface area contributed by atoms with Gasteiger partial charge in [0.2, 0.25) is 0 Å². The van der Waals surface area contributed by atoms with Crippen LogP contribution in [0.3, 0.4) is 0 Å². The maximum atomic E-state index is 10.6. The minimum absolute atomic E-state index is 0.0774. The van der Waals surface area contributed by atoms with Crippen LogP contribution in [-0.4, -0.2) is 28.2 Å². The molecular weight excluding hydrogens is 142 g/mol. The summed E-state index contributed by atoms with van der Waals surface area (Å²) in [7, 11) is 0. The van der Waals surface area contributed by atoms with Crippen molar-refractivity contribution in [2.24, 2.45) is 0 Å². The number of likely N-dealkylation sites (tertiary alicyclic amines) is 1. The zero-order valence-electron chi connectivity index (χ0n) is 6.45. The number of terminal acetylenes is 1. The van der Waals surface area contributed by atoms with Gasteiger partial charge in [0.25, 0.3) is 0 Å². The van der Waals surface area contributed by atoms with E-state index in [-0.39, 0.29) is 12.1 Å². The number of hydrogen-bond donors (Lipinski definition) is 1. The Morgan fingerprint density at radius 1 is 1.73 bits per heavy atom. The molecule has 0 spiro atoms. The van der Waals surface area contributed by atoms with Gasteiger partial charge in [-0.05, 0) is 19.8 Å². The lowest BCUT2D eigenvalue weighted by atomic mass is 10.2. The summed E-state index contributed by atoms with van der Waals surface area (Å²) >= 11 is 0. The first kappa shape index (κ1) is 7.93. The minimum Gasteiger partial charge on any atom is -0.465 e. The van der Waals surface area contributed by atoms with Crippen molar-refractivity contribution in [1.82, 2.24) is 4.90 Å². The van der Waals surface area contributed by atoms with Crippen molar-refractivity contribution in [3.63, 3.8) is 0 Å². The van der Waals surface area contributed by atoms with Gasteiger partial charge in [0.15, 0.2) is 0 Å². The molecule has 3 heteroatoms. The number of amides is 1. The van der Waals surface area contributed by atoms with Crippen molar-refractivity contribution in [2.75, 3.05) is 0 Å². The second kappa shape index (κ2) is 2.83. The topological polar surface area (TPSA) is 40.5 Å². The molecule has 0 radical (unpaired) electrons. The molecule has 0 aliphatic carbocycles. The van der Waals surface area contributed by atoms with Crippen LogP contribution in [0.15, 0.2) is 0 Å². The molecule has 1 N–H and O–H groups in total. The van der Waals surface area contributed by atoms with Crippen molar-refractivity contribution < 1.29 is 9.90 Å². The highest BCUT2D eigenvalue weighted by atomic mass is 16.4. The third-order valence-electron chi connectivity index (χ3n) is 2.08. The third-order valence-corrected chi connectivity index (χ3v) is 2.08. The fourth-order valence-corrected chi connectivity index (χ4v) is 1.47. The second-order valence-electron chi connectivity index (χ2n) is 2.80. The van der Waals surface area contributed by atoms with Gasteiger partial charge < -0.3 is 5.11 Å². The maximum absolute atomic E-state index is 10.6. The lowest BCUT2D eigenvalue weighted by Crippen LogP contribution is -2.38. The standard InChI is InChI=1S/C8H11NO2/c1-3-7-5-4-6(2)9(7)8(10)11/h1,6-7H,4-5H2,2H3,(H,10,11)/t6-,7+/m1/s1. The number of hydrogen-bond acceptors (Lipinski definition) is 1. The van der Waals surface area contributed by atoms with Crippen molar-refractivity contribution in [2.45, 2.75) is 31.8 Å². The van der Waals surface area contributed by atoms with Crippen LogP contribution in [0.5, 0.6) is 0 Å². The lowest BCUT2D eigenvalue weighted by molar-refractivity contribution is 0.135. The Morgan fingerprint density at radius 3 is 2.73 bits per heavy atom. The molecule has 1 saturated heterocycles. The molecule has 0 saturated carbocycles. The summed E-state index contributed by atoms with van der Waals surface area (Å²) in [5, 5.41) is 8.72. The zero-order chi connectivity index (χ0) is 8.43. The van der Waals surface area contributed by atoms with Gasteiger partial charge in [0, 0.05) is 6.04 Å². The van der Waals surface area contributed by atoms with Gasteiger partial charge in [0.05, 0.1) is 6.04 Å². The largest absolute Gasteiger partial charge is 0.465 e. The second-order valence-corrected chi connectivity index (χ2v) is 2.80. The van der Waals surface area contributed by atoms with E-state index in [1.165, 1.54) is 4.90 Å².